The second-order valence-corrected chi connectivity index (χ2v) is 9.19. The van der Waals surface area contributed by atoms with Crippen LogP contribution in [0.3, 0.4) is 0 Å². The number of carbonyl (C=O) groups is 2. The molecule has 14 heteroatoms. The maximum absolute atomic E-state index is 13.7. The zero-order valence-corrected chi connectivity index (χ0v) is 20.0. The maximum Gasteiger partial charge on any atom is 0.460 e. The van der Waals surface area contributed by atoms with Gasteiger partial charge < -0.3 is 9.32 Å². The molecule has 1 aromatic carbocycles. The van der Waals surface area contributed by atoms with Crippen LogP contribution in [0.4, 0.5) is 40.8 Å². The third-order valence-electron chi connectivity index (χ3n) is 6.64. The zero-order chi connectivity index (χ0) is 28.2. The lowest BCUT2D eigenvalue weighted by Crippen LogP contribution is -2.58. The first kappa shape index (κ1) is 27.6. The predicted octanol–water partition coefficient (Wildman–Crippen LogP) is 5.70. The maximum atomic E-state index is 13.7. The molecule has 1 unspecified atom stereocenters. The van der Waals surface area contributed by atoms with Crippen LogP contribution in [-0.4, -0.2) is 41.6 Å². The molecular formula is C24H21F8N3O3. The minimum Gasteiger partial charge on any atom is -0.455 e. The van der Waals surface area contributed by atoms with Crippen LogP contribution in [0.5, 0.6) is 0 Å². The molecule has 2 aliphatic rings. The van der Waals surface area contributed by atoms with Crippen molar-refractivity contribution in [2.45, 2.75) is 70.0 Å². The van der Waals surface area contributed by atoms with E-state index in [0.717, 1.165) is 5.43 Å². The summed E-state index contributed by atoms with van der Waals surface area (Å²) in [7, 11) is 0. The Hall–Kier alpha value is -3.45. The fraction of sp³-hybridized carbons (Fsp3) is 0.458. The lowest BCUT2D eigenvalue weighted by atomic mass is 9.92. The minimum atomic E-state index is -6.68. The third kappa shape index (κ3) is 4.43. The van der Waals surface area contributed by atoms with Gasteiger partial charge >= 0.3 is 23.9 Å². The van der Waals surface area contributed by atoms with Gasteiger partial charge in [0.15, 0.2) is 5.76 Å². The number of fused-ring (bicyclic) bond motifs is 2. The van der Waals surface area contributed by atoms with E-state index in [-0.39, 0.29) is 47.2 Å². The number of benzene rings is 1. The van der Waals surface area contributed by atoms with Gasteiger partial charge in [-0.05, 0) is 63.3 Å². The number of rotatable bonds is 4. The number of nitrogens with one attached hydrogen (secondary N) is 1. The summed E-state index contributed by atoms with van der Waals surface area (Å²) in [6.45, 7) is 3.26. The van der Waals surface area contributed by atoms with Gasteiger partial charge in [0.1, 0.15) is 11.6 Å². The smallest absolute Gasteiger partial charge is 0.455 e. The van der Waals surface area contributed by atoms with E-state index in [9.17, 15) is 44.7 Å². The average molecular weight is 551 g/mol. The van der Waals surface area contributed by atoms with Crippen molar-refractivity contribution in [1.82, 2.24) is 5.43 Å². The summed E-state index contributed by atoms with van der Waals surface area (Å²) < 4.78 is 110. The van der Waals surface area contributed by atoms with Gasteiger partial charge in [0, 0.05) is 29.3 Å². The number of hydrazone groups is 1. The SMILES string of the molecule is Cc1c(C(=O)N2c3ccc(F)cc3CCC2C)oc2c1/C(=N/NC(=O)C(F)(F)C(F)(F)C(F)(F)F)CCC2. The first-order chi connectivity index (χ1) is 17.6. The molecule has 38 heavy (non-hydrogen) atoms. The molecule has 2 aromatic rings. The molecule has 0 radical (unpaired) electrons. The van der Waals surface area contributed by atoms with Crippen LogP contribution in [0.15, 0.2) is 27.7 Å². The number of amides is 2. The molecule has 0 saturated heterocycles. The standard InChI is InChI=1S/C24H21F8N3O3/c1-11-6-7-13-10-14(25)8-9-16(13)35(11)20(36)19-12(2)18-15(4-3-5-17(18)38-19)33-34-21(37)22(26,27)23(28,29)24(30,31)32/h8-11H,3-7H2,1-2H3,(H,34,37)/b33-15+. The van der Waals surface area contributed by atoms with Crippen molar-refractivity contribution in [2.24, 2.45) is 5.10 Å². The fourth-order valence-corrected chi connectivity index (χ4v) is 4.63. The molecule has 1 N–H and O–H groups in total. The molecule has 206 valence electrons. The number of furan rings is 1. The number of halogens is 8. The zero-order valence-electron chi connectivity index (χ0n) is 20.0. The van der Waals surface area contributed by atoms with Crippen molar-refractivity contribution in [1.29, 1.82) is 0 Å². The summed E-state index contributed by atoms with van der Waals surface area (Å²) >= 11 is 0. The number of carbonyl (C=O) groups excluding carboxylic acids is 2. The van der Waals surface area contributed by atoms with Crippen LogP contribution < -0.4 is 10.3 Å². The van der Waals surface area contributed by atoms with Crippen LogP contribution in [-0.2, 0) is 17.6 Å². The van der Waals surface area contributed by atoms with Crippen LogP contribution in [0.25, 0.3) is 0 Å². The lowest BCUT2D eigenvalue weighted by Gasteiger charge is -2.34. The molecule has 4 rings (SSSR count). The van der Waals surface area contributed by atoms with E-state index in [4.69, 9.17) is 4.42 Å². The van der Waals surface area contributed by atoms with Crippen molar-refractivity contribution >= 4 is 23.2 Å². The summed E-state index contributed by atoms with van der Waals surface area (Å²) in [6.07, 6.45) is -4.97. The number of aryl methyl sites for hydroxylation is 2. The number of hydrogen-bond acceptors (Lipinski definition) is 4. The van der Waals surface area contributed by atoms with Crippen molar-refractivity contribution in [2.75, 3.05) is 4.90 Å². The van der Waals surface area contributed by atoms with Gasteiger partial charge in [-0.3, -0.25) is 9.59 Å². The number of nitrogens with zero attached hydrogens (tertiary/aromatic N) is 2. The van der Waals surface area contributed by atoms with Crippen LogP contribution >= 0.6 is 0 Å². The van der Waals surface area contributed by atoms with Crippen LogP contribution in [0.2, 0.25) is 0 Å². The molecule has 1 atom stereocenters. The first-order valence-corrected chi connectivity index (χ1v) is 11.5. The summed E-state index contributed by atoms with van der Waals surface area (Å²) in [4.78, 5) is 26.6. The Morgan fingerprint density at radius 1 is 1.08 bits per heavy atom. The van der Waals surface area contributed by atoms with Crippen molar-refractivity contribution in [3.8, 4) is 0 Å². The van der Waals surface area contributed by atoms with Gasteiger partial charge in [-0.2, -0.15) is 35.8 Å². The molecule has 0 spiro atoms. The Bertz CT molecular complexity index is 1320. The van der Waals surface area contributed by atoms with E-state index in [1.165, 1.54) is 30.0 Å². The van der Waals surface area contributed by atoms with E-state index < -0.39 is 35.7 Å². The summed E-state index contributed by atoms with van der Waals surface area (Å²) in [5.74, 6) is -16.7. The lowest BCUT2D eigenvalue weighted by molar-refractivity contribution is -0.344. The van der Waals surface area contributed by atoms with Crippen LogP contribution in [0, 0.1) is 12.7 Å². The fourth-order valence-electron chi connectivity index (χ4n) is 4.63. The molecule has 2 amide bonds. The Labute approximate surface area is 210 Å². The third-order valence-corrected chi connectivity index (χ3v) is 6.64. The highest BCUT2D eigenvalue weighted by molar-refractivity contribution is 6.10. The first-order valence-electron chi connectivity index (χ1n) is 11.5. The monoisotopic (exact) mass is 551 g/mol. The van der Waals surface area contributed by atoms with Gasteiger partial charge in [-0.25, -0.2) is 9.82 Å². The Balaban J connectivity index is 1.65. The topological polar surface area (TPSA) is 74.9 Å². The summed E-state index contributed by atoms with van der Waals surface area (Å²) in [6, 6.07) is 3.72. The van der Waals surface area contributed by atoms with Crippen molar-refractivity contribution < 1.29 is 49.1 Å². The molecule has 1 aliphatic heterocycles. The molecule has 2 heterocycles. The van der Waals surface area contributed by atoms with Gasteiger partial charge in [0.25, 0.3) is 5.91 Å². The minimum absolute atomic E-state index is 0.0325. The van der Waals surface area contributed by atoms with Crippen molar-refractivity contribution in [3.05, 3.63) is 52.2 Å². The van der Waals surface area contributed by atoms with E-state index in [1.807, 2.05) is 0 Å². The normalized spacial score (nSPS) is 19.3. The van der Waals surface area contributed by atoms with Gasteiger partial charge in [-0.15, -0.1) is 0 Å². The Kier molecular flexibility index (Phi) is 6.81. The number of alkyl halides is 7. The van der Waals surface area contributed by atoms with E-state index in [0.29, 0.717) is 30.5 Å². The highest BCUT2D eigenvalue weighted by Gasteiger charge is 2.76. The predicted molar refractivity (Wildman–Crippen MR) is 118 cm³/mol. The summed E-state index contributed by atoms with van der Waals surface area (Å²) in [5.41, 5.74) is 2.47. The van der Waals surface area contributed by atoms with E-state index in [1.54, 1.807) is 6.92 Å². The van der Waals surface area contributed by atoms with Gasteiger partial charge in [0.2, 0.25) is 0 Å². The molecule has 0 saturated carbocycles. The molecular weight excluding hydrogens is 530 g/mol. The molecule has 1 aromatic heterocycles. The molecule has 6 nitrogen and oxygen atoms in total. The second kappa shape index (κ2) is 9.38. The van der Waals surface area contributed by atoms with Gasteiger partial charge in [-0.1, -0.05) is 0 Å². The summed E-state index contributed by atoms with van der Waals surface area (Å²) in [5, 5.41) is 3.40. The molecule has 0 bridgehead atoms. The molecule has 0 fully saturated rings. The quantitative estimate of drug-likeness (QED) is 0.392. The highest BCUT2D eigenvalue weighted by atomic mass is 19.4. The van der Waals surface area contributed by atoms with Crippen molar-refractivity contribution in [3.63, 3.8) is 0 Å². The Morgan fingerprint density at radius 3 is 2.42 bits per heavy atom. The number of hydrogen-bond donors (Lipinski definition) is 1. The van der Waals surface area contributed by atoms with Crippen LogP contribution in [0.1, 0.15) is 59.2 Å². The van der Waals surface area contributed by atoms with E-state index >= 15 is 0 Å². The molecule has 1 aliphatic carbocycles. The van der Waals surface area contributed by atoms with E-state index in [2.05, 4.69) is 5.10 Å². The van der Waals surface area contributed by atoms with Gasteiger partial charge in [0.05, 0.1) is 5.71 Å². The largest absolute Gasteiger partial charge is 0.460 e. The Morgan fingerprint density at radius 2 is 1.76 bits per heavy atom. The number of anilines is 1. The highest BCUT2D eigenvalue weighted by Crippen LogP contribution is 2.46. The second-order valence-electron chi connectivity index (χ2n) is 9.19. The average Bonchev–Trinajstić information content (AvgIpc) is 3.18.